The Labute approximate surface area is 45.0 Å². The zero-order valence-electron chi connectivity index (χ0n) is 5.19. The van der Waals surface area contributed by atoms with Crippen molar-refractivity contribution in [3.8, 4) is 0 Å². The Morgan fingerprint density at radius 2 is 1.57 bits per heavy atom. The number of carbonyl (C=O) groups excluding carboxylic acids is 1. The second-order valence-electron chi connectivity index (χ2n) is 1.44. The normalized spacial score (nSPS) is 5.57. The molecule has 0 saturated heterocycles. The average Bonchev–Trinajstić information content (AvgIpc) is 1.33. The zero-order valence-corrected chi connectivity index (χ0v) is 5.19. The monoisotopic (exact) mass is 100 g/mol. The van der Waals surface area contributed by atoms with E-state index in [1.807, 2.05) is 13.8 Å². The minimum Gasteiger partial charge on any atom is -0.304 e. The van der Waals surface area contributed by atoms with Gasteiger partial charge in [0, 0.05) is 0 Å². The number of allylic oxidation sites excluding steroid dienone is 1. The number of hydrogen-bond acceptors (Lipinski definition) is 1. The molecule has 0 rings (SSSR count). The number of aldehydes is 1. The van der Waals surface area contributed by atoms with Gasteiger partial charge in [0.05, 0.1) is 0 Å². The highest BCUT2D eigenvalue weighted by Gasteiger charge is 1.51. The lowest BCUT2D eigenvalue weighted by molar-refractivity contribution is -0.106. The lowest BCUT2D eigenvalue weighted by atomic mass is 10.4. The lowest BCUT2D eigenvalue weighted by Crippen LogP contribution is -1.43. The molecular formula is C6H12O. The van der Waals surface area contributed by atoms with Crippen molar-refractivity contribution >= 4 is 6.29 Å². The second-order valence-corrected chi connectivity index (χ2v) is 1.44. The van der Waals surface area contributed by atoms with Crippen LogP contribution in [0.5, 0.6) is 0 Å². The molecule has 0 amide bonds. The first-order valence-corrected chi connectivity index (χ1v) is 2.17. The van der Waals surface area contributed by atoms with Gasteiger partial charge < -0.3 is 4.79 Å². The molecule has 0 radical (unpaired) electrons. The van der Waals surface area contributed by atoms with Gasteiger partial charge in [-0.3, -0.25) is 0 Å². The molecule has 0 aromatic carbocycles. The Kier molecular flexibility index (Phi) is 12.5. The molecule has 42 valence electrons. The highest BCUT2D eigenvalue weighted by molar-refractivity contribution is 5.44. The largest absolute Gasteiger partial charge is 0.304 e. The molecular weight excluding hydrogens is 88.1 g/mol. The third kappa shape index (κ3) is 181. The molecule has 0 spiro atoms. The summed E-state index contributed by atoms with van der Waals surface area (Å²) in [4.78, 5) is 8.81. The van der Waals surface area contributed by atoms with Crippen LogP contribution in [0.2, 0.25) is 0 Å². The van der Waals surface area contributed by atoms with E-state index in [1.54, 1.807) is 0 Å². The Morgan fingerprint density at radius 1 is 1.57 bits per heavy atom. The smallest absolute Gasteiger partial charge is 0.116 e. The van der Waals surface area contributed by atoms with E-state index in [4.69, 9.17) is 4.79 Å². The van der Waals surface area contributed by atoms with Crippen LogP contribution in [0.15, 0.2) is 12.2 Å². The maximum absolute atomic E-state index is 8.81. The van der Waals surface area contributed by atoms with Gasteiger partial charge in [0.2, 0.25) is 0 Å². The summed E-state index contributed by atoms with van der Waals surface area (Å²) < 4.78 is 0. The van der Waals surface area contributed by atoms with E-state index in [0.717, 1.165) is 6.29 Å². The van der Waals surface area contributed by atoms with E-state index in [-0.39, 0.29) is 0 Å². The molecule has 0 aliphatic rings. The SMILES string of the molecule is C=C(C)C.CC=O. The Balaban J connectivity index is 0. The molecule has 1 nitrogen and oxygen atoms in total. The van der Waals surface area contributed by atoms with Crippen LogP contribution in [0.25, 0.3) is 0 Å². The van der Waals surface area contributed by atoms with Gasteiger partial charge in [-0.25, -0.2) is 0 Å². The lowest BCUT2D eigenvalue weighted by Gasteiger charge is -1.65. The van der Waals surface area contributed by atoms with Crippen LogP contribution in [0.1, 0.15) is 20.8 Å². The molecule has 0 unspecified atom stereocenters. The van der Waals surface area contributed by atoms with Crippen molar-refractivity contribution in [2.75, 3.05) is 0 Å². The van der Waals surface area contributed by atoms with Crippen molar-refractivity contribution in [2.45, 2.75) is 20.8 Å². The molecule has 0 fully saturated rings. The molecule has 7 heavy (non-hydrogen) atoms. The Bertz CT molecular complexity index is 51.2. The standard InChI is InChI=1S/C4H8.C2H4O/c1-4(2)3;1-2-3/h1H2,2-3H3;2H,1H3. The molecule has 0 aromatic rings. The van der Waals surface area contributed by atoms with E-state index in [1.165, 1.54) is 12.5 Å². The van der Waals surface area contributed by atoms with Crippen molar-refractivity contribution in [1.82, 2.24) is 0 Å². The van der Waals surface area contributed by atoms with Gasteiger partial charge in [0.25, 0.3) is 0 Å². The predicted octanol–water partition coefficient (Wildman–Crippen LogP) is 1.79. The van der Waals surface area contributed by atoms with Crippen molar-refractivity contribution in [2.24, 2.45) is 0 Å². The number of carbonyl (C=O) groups is 1. The maximum atomic E-state index is 8.81. The van der Waals surface area contributed by atoms with Crippen LogP contribution in [-0.4, -0.2) is 6.29 Å². The van der Waals surface area contributed by atoms with Gasteiger partial charge in [0.15, 0.2) is 0 Å². The first-order chi connectivity index (χ1) is 3.15. The third-order valence-electron chi connectivity index (χ3n) is 0. The van der Waals surface area contributed by atoms with E-state index in [9.17, 15) is 0 Å². The van der Waals surface area contributed by atoms with Gasteiger partial charge in [-0.1, -0.05) is 5.57 Å². The fraction of sp³-hybridized carbons (Fsp3) is 0.500. The fourth-order valence-electron chi connectivity index (χ4n) is 0. The minimum atomic E-state index is 0.750. The molecule has 0 N–H and O–H groups in total. The molecule has 0 aliphatic heterocycles. The minimum absolute atomic E-state index is 0.750. The van der Waals surface area contributed by atoms with Crippen molar-refractivity contribution in [3.63, 3.8) is 0 Å². The fourth-order valence-corrected chi connectivity index (χ4v) is 0. The third-order valence-corrected chi connectivity index (χ3v) is 0. The molecule has 0 atom stereocenters. The van der Waals surface area contributed by atoms with Crippen LogP contribution in [0, 0.1) is 0 Å². The first kappa shape index (κ1) is 9.65. The number of rotatable bonds is 0. The van der Waals surface area contributed by atoms with Crippen LogP contribution in [0.3, 0.4) is 0 Å². The topological polar surface area (TPSA) is 17.1 Å². The summed E-state index contributed by atoms with van der Waals surface area (Å²) in [6, 6.07) is 0. The predicted molar refractivity (Wildman–Crippen MR) is 32.2 cm³/mol. The van der Waals surface area contributed by atoms with E-state index in [0.29, 0.717) is 0 Å². The van der Waals surface area contributed by atoms with Crippen molar-refractivity contribution in [3.05, 3.63) is 12.2 Å². The van der Waals surface area contributed by atoms with Gasteiger partial charge in [-0.15, -0.1) is 6.58 Å². The van der Waals surface area contributed by atoms with Crippen LogP contribution in [-0.2, 0) is 4.79 Å². The quantitative estimate of drug-likeness (QED) is 0.335. The molecule has 0 saturated carbocycles. The first-order valence-electron chi connectivity index (χ1n) is 2.17. The summed E-state index contributed by atoms with van der Waals surface area (Å²) in [7, 11) is 0. The van der Waals surface area contributed by atoms with Gasteiger partial charge >= 0.3 is 0 Å². The summed E-state index contributed by atoms with van der Waals surface area (Å²) in [5.74, 6) is 0. The second kappa shape index (κ2) is 9.05. The Hall–Kier alpha value is -0.590. The van der Waals surface area contributed by atoms with E-state index in [2.05, 4.69) is 6.58 Å². The Morgan fingerprint density at radius 3 is 1.57 bits per heavy atom. The summed E-state index contributed by atoms with van der Waals surface area (Å²) in [5, 5.41) is 0. The molecule has 0 heterocycles. The van der Waals surface area contributed by atoms with Crippen LogP contribution in [0.4, 0.5) is 0 Å². The molecule has 0 aromatic heterocycles. The van der Waals surface area contributed by atoms with Gasteiger partial charge in [-0.2, -0.15) is 0 Å². The maximum Gasteiger partial charge on any atom is 0.116 e. The summed E-state index contributed by atoms with van der Waals surface area (Å²) in [6.45, 7) is 8.94. The molecule has 1 heteroatoms. The van der Waals surface area contributed by atoms with Crippen molar-refractivity contribution in [1.29, 1.82) is 0 Å². The highest BCUT2D eigenvalue weighted by atomic mass is 16.1. The van der Waals surface area contributed by atoms with Crippen LogP contribution >= 0.6 is 0 Å². The van der Waals surface area contributed by atoms with Crippen LogP contribution < -0.4 is 0 Å². The zero-order chi connectivity index (χ0) is 6.28. The average molecular weight is 100 g/mol. The molecule has 0 aliphatic carbocycles. The van der Waals surface area contributed by atoms with Gasteiger partial charge in [-0.05, 0) is 20.8 Å². The highest BCUT2D eigenvalue weighted by Crippen LogP contribution is 1.73. The summed E-state index contributed by atoms with van der Waals surface area (Å²) in [6.07, 6.45) is 0.750. The van der Waals surface area contributed by atoms with Crippen molar-refractivity contribution < 1.29 is 4.79 Å². The molecule has 0 bridgehead atoms. The summed E-state index contributed by atoms with van der Waals surface area (Å²) in [5.41, 5.74) is 1.17. The van der Waals surface area contributed by atoms with E-state index < -0.39 is 0 Å². The number of hydrogen-bond donors (Lipinski definition) is 0. The summed E-state index contributed by atoms with van der Waals surface area (Å²) >= 11 is 0. The van der Waals surface area contributed by atoms with Gasteiger partial charge in [0.1, 0.15) is 6.29 Å². The van der Waals surface area contributed by atoms with E-state index >= 15 is 0 Å².